The molecule has 0 unspecified atom stereocenters. The van der Waals surface area contributed by atoms with Crippen LogP contribution < -0.4 is 15.4 Å². The molecule has 2 aromatic rings. The van der Waals surface area contributed by atoms with Crippen molar-refractivity contribution in [3.63, 3.8) is 0 Å². The van der Waals surface area contributed by atoms with Crippen LogP contribution >= 0.6 is 12.2 Å². The third kappa shape index (κ3) is 4.25. The van der Waals surface area contributed by atoms with Crippen LogP contribution in [0.1, 0.15) is 10.4 Å². The molecule has 0 aromatic heterocycles. The Balaban J connectivity index is 1.95. The van der Waals surface area contributed by atoms with Gasteiger partial charge in [-0.25, -0.2) is 4.39 Å². The van der Waals surface area contributed by atoms with Gasteiger partial charge in [0.05, 0.1) is 7.11 Å². The number of hydrogen-bond donors (Lipinski definition) is 2. The molecule has 0 aliphatic rings. The van der Waals surface area contributed by atoms with E-state index in [1.165, 1.54) is 24.3 Å². The number of methoxy groups -OCH3 is 1. The van der Waals surface area contributed by atoms with Crippen LogP contribution in [-0.4, -0.2) is 18.1 Å². The number of rotatable bonds is 3. The first kappa shape index (κ1) is 14.9. The molecule has 0 atom stereocenters. The minimum absolute atomic E-state index is 0.141. The summed E-state index contributed by atoms with van der Waals surface area (Å²) >= 11 is 5.03. The van der Waals surface area contributed by atoms with Crippen LogP contribution in [0.2, 0.25) is 0 Å². The highest BCUT2D eigenvalue weighted by molar-refractivity contribution is 7.80. The summed E-state index contributed by atoms with van der Waals surface area (Å²) in [6.07, 6.45) is 0. The lowest BCUT2D eigenvalue weighted by atomic mass is 10.2. The summed E-state index contributed by atoms with van der Waals surface area (Å²) in [6, 6.07) is 12.3. The molecule has 0 fully saturated rings. The third-order valence-corrected chi connectivity index (χ3v) is 2.89. The summed E-state index contributed by atoms with van der Waals surface area (Å²) in [5.74, 6) is -0.00966. The van der Waals surface area contributed by atoms with E-state index >= 15 is 0 Å². The van der Waals surface area contributed by atoms with Crippen LogP contribution in [0.4, 0.5) is 10.1 Å². The molecule has 2 aromatic carbocycles. The van der Waals surface area contributed by atoms with Crippen molar-refractivity contribution in [1.82, 2.24) is 5.32 Å². The first-order valence-corrected chi connectivity index (χ1v) is 6.51. The van der Waals surface area contributed by atoms with Gasteiger partial charge in [0.1, 0.15) is 11.6 Å². The summed E-state index contributed by atoms with van der Waals surface area (Å²) in [6.45, 7) is 0. The normalized spacial score (nSPS) is 9.81. The van der Waals surface area contributed by atoms with Crippen LogP contribution in [0.3, 0.4) is 0 Å². The standard InChI is InChI=1S/C15H13FN2O2S/c1-20-13-8-2-10(3-9-13)14(19)18-15(21)17-12-6-4-11(16)5-7-12/h2-9H,1H3,(H2,17,18,19,21). The Morgan fingerprint density at radius 1 is 1.10 bits per heavy atom. The van der Waals surface area contributed by atoms with Gasteiger partial charge in [0.2, 0.25) is 0 Å². The maximum Gasteiger partial charge on any atom is 0.257 e. The quantitative estimate of drug-likeness (QED) is 0.856. The molecule has 21 heavy (non-hydrogen) atoms. The number of thiocarbonyl (C=S) groups is 1. The molecule has 1 amide bonds. The zero-order chi connectivity index (χ0) is 15.2. The summed E-state index contributed by atoms with van der Waals surface area (Å²) < 4.78 is 17.8. The average molecular weight is 304 g/mol. The molecule has 0 aliphatic heterocycles. The van der Waals surface area contributed by atoms with Crippen molar-refractivity contribution in [2.75, 3.05) is 12.4 Å². The zero-order valence-corrected chi connectivity index (χ0v) is 12.0. The molecular weight excluding hydrogens is 291 g/mol. The van der Waals surface area contributed by atoms with Crippen molar-refractivity contribution < 1.29 is 13.9 Å². The summed E-state index contributed by atoms with van der Waals surface area (Å²) in [7, 11) is 1.55. The minimum atomic E-state index is -0.339. The second-order valence-electron chi connectivity index (χ2n) is 4.14. The maximum atomic E-state index is 12.8. The largest absolute Gasteiger partial charge is 0.497 e. The maximum absolute atomic E-state index is 12.8. The number of amides is 1. The van der Waals surface area contributed by atoms with E-state index in [-0.39, 0.29) is 16.8 Å². The Morgan fingerprint density at radius 3 is 2.29 bits per heavy atom. The van der Waals surface area contributed by atoms with Crippen molar-refractivity contribution in [2.45, 2.75) is 0 Å². The van der Waals surface area contributed by atoms with E-state index in [2.05, 4.69) is 10.6 Å². The highest BCUT2D eigenvalue weighted by Crippen LogP contribution is 2.11. The molecule has 0 saturated heterocycles. The lowest BCUT2D eigenvalue weighted by molar-refractivity contribution is 0.0977. The van der Waals surface area contributed by atoms with Crippen molar-refractivity contribution in [3.8, 4) is 5.75 Å². The van der Waals surface area contributed by atoms with Gasteiger partial charge in [-0.2, -0.15) is 0 Å². The SMILES string of the molecule is COc1ccc(C(=O)NC(=S)Nc2ccc(F)cc2)cc1. The van der Waals surface area contributed by atoms with Gasteiger partial charge in [-0.15, -0.1) is 0 Å². The van der Waals surface area contributed by atoms with E-state index in [4.69, 9.17) is 17.0 Å². The van der Waals surface area contributed by atoms with E-state index in [0.717, 1.165) is 0 Å². The number of halogens is 1. The molecule has 6 heteroatoms. The van der Waals surface area contributed by atoms with Crippen molar-refractivity contribution in [3.05, 3.63) is 59.9 Å². The first-order valence-electron chi connectivity index (χ1n) is 6.10. The Kier molecular flexibility index (Phi) is 4.84. The Labute approximate surface area is 126 Å². The van der Waals surface area contributed by atoms with E-state index in [0.29, 0.717) is 17.0 Å². The van der Waals surface area contributed by atoms with E-state index in [9.17, 15) is 9.18 Å². The van der Waals surface area contributed by atoms with Gasteiger partial charge < -0.3 is 10.1 Å². The lowest BCUT2D eigenvalue weighted by Crippen LogP contribution is -2.34. The highest BCUT2D eigenvalue weighted by atomic mass is 32.1. The van der Waals surface area contributed by atoms with Gasteiger partial charge in [-0.1, -0.05) is 0 Å². The minimum Gasteiger partial charge on any atom is -0.497 e. The molecule has 2 N–H and O–H groups in total. The van der Waals surface area contributed by atoms with Gasteiger partial charge in [0.25, 0.3) is 5.91 Å². The fraction of sp³-hybridized carbons (Fsp3) is 0.0667. The van der Waals surface area contributed by atoms with Crippen molar-refractivity contribution in [2.24, 2.45) is 0 Å². The van der Waals surface area contributed by atoms with Gasteiger partial charge in [-0.3, -0.25) is 10.1 Å². The van der Waals surface area contributed by atoms with Gasteiger partial charge >= 0.3 is 0 Å². The zero-order valence-electron chi connectivity index (χ0n) is 11.2. The fourth-order valence-electron chi connectivity index (χ4n) is 1.61. The number of carbonyl (C=O) groups is 1. The molecule has 0 saturated carbocycles. The lowest BCUT2D eigenvalue weighted by Gasteiger charge is -2.09. The number of ether oxygens (including phenoxy) is 1. The Bertz CT molecular complexity index is 642. The van der Waals surface area contributed by atoms with Crippen LogP contribution in [-0.2, 0) is 0 Å². The fourth-order valence-corrected chi connectivity index (χ4v) is 1.82. The van der Waals surface area contributed by atoms with Crippen LogP contribution in [0.5, 0.6) is 5.75 Å². The number of anilines is 1. The molecule has 0 bridgehead atoms. The van der Waals surface area contributed by atoms with E-state index in [1.807, 2.05) is 0 Å². The molecule has 0 radical (unpaired) electrons. The van der Waals surface area contributed by atoms with Crippen molar-refractivity contribution >= 4 is 28.9 Å². The van der Waals surface area contributed by atoms with Gasteiger partial charge in [0, 0.05) is 11.3 Å². The van der Waals surface area contributed by atoms with Crippen molar-refractivity contribution in [1.29, 1.82) is 0 Å². The third-order valence-electron chi connectivity index (χ3n) is 2.68. The summed E-state index contributed by atoms with van der Waals surface area (Å²) in [5, 5.41) is 5.49. The van der Waals surface area contributed by atoms with Gasteiger partial charge in [-0.05, 0) is 60.7 Å². The topological polar surface area (TPSA) is 50.4 Å². The van der Waals surface area contributed by atoms with E-state index in [1.54, 1.807) is 31.4 Å². The Morgan fingerprint density at radius 2 is 1.71 bits per heavy atom. The molecule has 4 nitrogen and oxygen atoms in total. The molecule has 108 valence electrons. The second-order valence-corrected chi connectivity index (χ2v) is 4.55. The summed E-state index contributed by atoms with van der Waals surface area (Å²) in [5.41, 5.74) is 1.05. The smallest absolute Gasteiger partial charge is 0.257 e. The molecular formula is C15H13FN2O2S. The van der Waals surface area contributed by atoms with Crippen LogP contribution in [0, 0.1) is 5.82 Å². The number of hydrogen-bond acceptors (Lipinski definition) is 3. The second kappa shape index (κ2) is 6.81. The molecule has 0 spiro atoms. The van der Waals surface area contributed by atoms with Crippen LogP contribution in [0.25, 0.3) is 0 Å². The molecule has 0 heterocycles. The number of benzene rings is 2. The van der Waals surface area contributed by atoms with Gasteiger partial charge in [0.15, 0.2) is 5.11 Å². The predicted molar refractivity (Wildman–Crippen MR) is 83.1 cm³/mol. The highest BCUT2D eigenvalue weighted by Gasteiger charge is 2.08. The molecule has 0 aliphatic carbocycles. The first-order chi connectivity index (χ1) is 10.1. The van der Waals surface area contributed by atoms with Crippen LogP contribution in [0.15, 0.2) is 48.5 Å². The predicted octanol–water partition coefficient (Wildman–Crippen LogP) is 2.96. The number of carbonyl (C=O) groups excluding carboxylic acids is 1. The molecule has 2 rings (SSSR count). The summed E-state index contributed by atoms with van der Waals surface area (Å²) in [4.78, 5) is 12.0. The monoisotopic (exact) mass is 304 g/mol. The van der Waals surface area contributed by atoms with E-state index < -0.39 is 0 Å². The average Bonchev–Trinajstić information content (AvgIpc) is 2.49. The Hall–Kier alpha value is -2.47. The number of nitrogens with one attached hydrogen (secondary N) is 2.